The first-order valence-electron chi connectivity index (χ1n) is 12.2. The number of hydrogen-bond donors (Lipinski definition) is 2. The van der Waals surface area contributed by atoms with E-state index < -0.39 is 0 Å². The summed E-state index contributed by atoms with van der Waals surface area (Å²) in [6, 6.07) is 0.833. The molecule has 4 N–H and O–H groups in total. The van der Waals surface area contributed by atoms with Crippen LogP contribution < -0.4 is 11.5 Å². The maximum Gasteiger partial charge on any atom is 0.00698 e. The van der Waals surface area contributed by atoms with Gasteiger partial charge in [0.2, 0.25) is 0 Å². The van der Waals surface area contributed by atoms with E-state index in [1.165, 1.54) is 77.0 Å². The molecule has 5 unspecified atom stereocenters. The van der Waals surface area contributed by atoms with Gasteiger partial charge in [0.25, 0.3) is 0 Å². The van der Waals surface area contributed by atoms with E-state index in [0.717, 1.165) is 17.8 Å². The molecule has 0 radical (unpaired) electrons. The quantitative estimate of drug-likeness (QED) is 0.341. The third-order valence-corrected chi connectivity index (χ3v) is 8.00. The molecule has 1 saturated carbocycles. The molecule has 0 aromatic rings. The van der Waals surface area contributed by atoms with Crippen molar-refractivity contribution in [2.75, 3.05) is 0 Å². The second-order valence-corrected chi connectivity index (χ2v) is 10.7. The van der Waals surface area contributed by atoms with E-state index in [9.17, 15) is 0 Å². The Labute approximate surface area is 171 Å². The minimum atomic E-state index is 0.397. The van der Waals surface area contributed by atoms with Crippen molar-refractivity contribution in [1.29, 1.82) is 0 Å². The van der Waals surface area contributed by atoms with Crippen LogP contribution in [0.25, 0.3) is 0 Å². The van der Waals surface area contributed by atoms with Crippen molar-refractivity contribution >= 4 is 0 Å². The first-order valence-corrected chi connectivity index (χ1v) is 12.2. The van der Waals surface area contributed by atoms with Crippen molar-refractivity contribution in [1.82, 2.24) is 0 Å². The molecule has 2 heteroatoms. The molecule has 0 aromatic carbocycles. The molecule has 1 aliphatic rings. The van der Waals surface area contributed by atoms with E-state index >= 15 is 0 Å². The summed E-state index contributed by atoms with van der Waals surface area (Å²) < 4.78 is 0. The van der Waals surface area contributed by atoms with Gasteiger partial charge in [-0.25, -0.2) is 0 Å². The third-order valence-electron chi connectivity index (χ3n) is 8.00. The largest absolute Gasteiger partial charge is 0.327 e. The standard InChI is InChI=1S/C25H52N2/c1-7-25(6,21-15-16-24(27)22(18-21)19(2)3)17-13-11-9-8-10-12-14-23(26)20(4)5/h19-24H,7-18,26-27H2,1-6H3. The van der Waals surface area contributed by atoms with Gasteiger partial charge in [0.15, 0.2) is 0 Å². The molecule has 0 amide bonds. The van der Waals surface area contributed by atoms with Gasteiger partial charge in [-0.15, -0.1) is 0 Å². The van der Waals surface area contributed by atoms with Crippen molar-refractivity contribution < 1.29 is 0 Å². The summed E-state index contributed by atoms with van der Waals surface area (Å²) in [5.74, 6) is 2.97. The van der Waals surface area contributed by atoms with Gasteiger partial charge in [-0.2, -0.15) is 0 Å². The predicted octanol–water partition coefficient (Wildman–Crippen LogP) is 6.91. The van der Waals surface area contributed by atoms with Crippen LogP contribution >= 0.6 is 0 Å². The second-order valence-electron chi connectivity index (χ2n) is 10.7. The molecule has 1 rings (SSSR count). The van der Waals surface area contributed by atoms with E-state index in [1.807, 2.05) is 0 Å². The van der Waals surface area contributed by atoms with Gasteiger partial charge >= 0.3 is 0 Å². The molecular formula is C25H52N2. The number of rotatable bonds is 13. The van der Waals surface area contributed by atoms with Gasteiger partial charge in [-0.1, -0.05) is 86.5 Å². The molecule has 0 aliphatic heterocycles. The minimum absolute atomic E-state index is 0.397. The van der Waals surface area contributed by atoms with Crippen LogP contribution in [-0.4, -0.2) is 12.1 Å². The maximum absolute atomic E-state index is 6.43. The van der Waals surface area contributed by atoms with Gasteiger partial charge in [-0.3, -0.25) is 0 Å². The van der Waals surface area contributed by atoms with Crippen LogP contribution in [0.4, 0.5) is 0 Å². The molecular weight excluding hydrogens is 328 g/mol. The number of hydrogen-bond acceptors (Lipinski definition) is 2. The average molecular weight is 381 g/mol. The molecule has 1 aliphatic carbocycles. The summed E-state index contributed by atoms with van der Waals surface area (Å²) in [5.41, 5.74) is 13.1. The van der Waals surface area contributed by atoms with Crippen LogP contribution in [0, 0.1) is 29.1 Å². The van der Waals surface area contributed by atoms with Crippen molar-refractivity contribution in [2.24, 2.45) is 40.6 Å². The molecule has 0 saturated heterocycles. The molecule has 2 nitrogen and oxygen atoms in total. The highest BCUT2D eigenvalue weighted by Gasteiger charge is 2.39. The van der Waals surface area contributed by atoms with E-state index in [4.69, 9.17) is 11.5 Å². The Bertz CT molecular complexity index is 379. The van der Waals surface area contributed by atoms with Crippen LogP contribution in [0.15, 0.2) is 0 Å². The Balaban J connectivity index is 2.26. The molecule has 0 aromatic heterocycles. The predicted molar refractivity (Wildman–Crippen MR) is 122 cm³/mol. The van der Waals surface area contributed by atoms with Gasteiger partial charge in [-0.05, 0) is 61.2 Å². The highest BCUT2D eigenvalue weighted by atomic mass is 14.7. The third kappa shape index (κ3) is 8.44. The Kier molecular flexibility index (Phi) is 11.5. The second kappa shape index (κ2) is 12.5. The molecule has 0 heterocycles. The van der Waals surface area contributed by atoms with E-state index in [1.54, 1.807) is 0 Å². The fraction of sp³-hybridized carbons (Fsp3) is 1.00. The van der Waals surface area contributed by atoms with Crippen LogP contribution in [0.3, 0.4) is 0 Å². The normalized spacial score (nSPS) is 27.1. The fourth-order valence-corrected chi connectivity index (χ4v) is 5.25. The fourth-order valence-electron chi connectivity index (χ4n) is 5.25. The molecule has 5 atom stereocenters. The smallest absolute Gasteiger partial charge is 0.00698 e. The SMILES string of the molecule is CCC(C)(CCCCCCCCC(N)C(C)C)C1CCC(N)C(C(C)C)C1. The molecule has 0 bridgehead atoms. The van der Waals surface area contributed by atoms with Crippen LogP contribution in [0.1, 0.15) is 119 Å². The monoisotopic (exact) mass is 380 g/mol. The van der Waals surface area contributed by atoms with Crippen LogP contribution in [0.5, 0.6) is 0 Å². The Hall–Kier alpha value is -0.0800. The van der Waals surface area contributed by atoms with E-state index in [-0.39, 0.29) is 0 Å². The Morgan fingerprint density at radius 2 is 1.52 bits per heavy atom. The first-order chi connectivity index (χ1) is 12.7. The lowest BCUT2D eigenvalue weighted by molar-refractivity contribution is 0.0661. The maximum atomic E-state index is 6.43. The van der Waals surface area contributed by atoms with Gasteiger partial charge in [0.05, 0.1) is 0 Å². The zero-order chi connectivity index (χ0) is 20.4. The molecule has 162 valence electrons. The summed E-state index contributed by atoms with van der Waals surface area (Å²) in [5, 5.41) is 0. The molecule has 27 heavy (non-hydrogen) atoms. The zero-order valence-corrected chi connectivity index (χ0v) is 19.6. The molecule has 0 spiro atoms. The van der Waals surface area contributed by atoms with E-state index in [2.05, 4.69) is 41.5 Å². The van der Waals surface area contributed by atoms with E-state index in [0.29, 0.717) is 23.4 Å². The Morgan fingerprint density at radius 1 is 0.926 bits per heavy atom. The lowest BCUT2D eigenvalue weighted by atomic mass is 9.61. The first kappa shape index (κ1) is 25.0. The van der Waals surface area contributed by atoms with Gasteiger partial charge in [0, 0.05) is 12.1 Å². The van der Waals surface area contributed by atoms with Crippen molar-refractivity contribution in [2.45, 2.75) is 131 Å². The van der Waals surface area contributed by atoms with Crippen molar-refractivity contribution in [3.8, 4) is 0 Å². The summed E-state index contributed by atoms with van der Waals surface area (Å²) in [6.45, 7) is 14.2. The molecule has 1 fully saturated rings. The zero-order valence-electron chi connectivity index (χ0n) is 19.6. The van der Waals surface area contributed by atoms with Crippen molar-refractivity contribution in [3.05, 3.63) is 0 Å². The van der Waals surface area contributed by atoms with Gasteiger partial charge < -0.3 is 11.5 Å². The number of unbranched alkanes of at least 4 members (excludes halogenated alkanes) is 5. The summed E-state index contributed by atoms with van der Waals surface area (Å²) in [4.78, 5) is 0. The summed E-state index contributed by atoms with van der Waals surface area (Å²) in [6.07, 6.45) is 16.2. The van der Waals surface area contributed by atoms with Crippen molar-refractivity contribution in [3.63, 3.8) is 0 Å². The Morgan fingerprint density at radius 3 is 2.07 bits per heavy atom. The average Bonchev–Trinajstić information content (AvgIpc) is 2.63. The summed E-state index contributed by atoms with van der Waals surface area (Å²) in [7, 11) is 0. The highest BCUT2D eigenvalue weighted by molar-refractivity contribution is 4.91. The minimum Gasteiger partial charge on any atom is -0.327 e. The van der Waals surface area contributed by atoms with Gasteiger partial charge in [0.1, 0.15) is 0 Å². The lowest BCUT2D eigenvalue weighted by Crippen LogP contribution is -2.43. The highest BCUT2D eigenvalue weighted by Crippen LogP contribution is 2.47. The van der Waals surface area contributed by atoms with Crippen LogP contribution in [-0.2, 0) is 0 Å². The summed E-state index contributed by atoms with van der Waals surface area (Å²) >= 11 is 0. The number of nitrogens with two attached hydrogens (primary N) is 2. The lowest BCUT2D eigenvalue weighted by Gasteiger charge is -2.45. The van der Waals surface area contributed by atoms with Crippen LogP contribution in [0.2, 0.25) is 0 Å². The topological polar surface area (TPSA) is 52.0 Å².